The third-order valence-corrected chi connectivity index (χ3v) is 4.93. The minimum absolute atomic E-state index is 0.164. The number of halogens is 2. The zero-order chi connectivity index (χ0) is 21.9. The van der Waals surface area contributed by atoms with Gasteiger partial charge in [0.25, 0.3) is 0 Å². The van der Waals surface area contributed by atoms with Gasteiger partial charge in [-0.2, -0.15) is 8.78 Å². The molecule has 0 bridgehead atoms. The first-order valence-corrected chi connectivity index (χ1v) is 10.6. The van der Waals surface area contributed by atoms with Crippen molar-refractivity contribution in [1.82, 2.24) is 15.5 Å². The van der Waals surface area contributed by atoms with Crippen LogP contribution in [-0.2, 0) is 24.4 Å². The molecule has 1 heterocycles. The SMILES string of the molecule is CCNC(=NCc1ccc(CN2CCOCC2)cc1)NCc1ccccc1OC(F)F. The number of morpholine rings is 1. The van der Waals surface area contributed by atoms with E-state index in [2.05, 4.69) is 49.5 Å². The van der Waals surface area contributed by atoms with Crippen LogP contribution in [0.2, 0.25) is 0 Å². The first-order chi connectivity index (χ1) is 15.1. The molecule has 0 spiro atoms. The zero-order valence-corrected chi connectivity index (χ0v) is 17.8. The molecule has 2 N–H and O–H groups in total. The maximum absolute atomic E-state index is 12.6. The monoisotopic (exact) mass is 432 g/mol. The molecule has 1 saturated heterocycles. The Morgan fingerprint density at radius 2 is 1.77 bits per heavy atom. The van der Waals surface area contributed by atoms with Gasteiger partial charge >= 0.3 is 6.61 Å². The lowest BCUT2D eigenvalue weighted by molar-refractivity contribution is -0.0504. The number of benzene rings is 2. The van der Waals surface area contributed by atoms with E-state index in [4.69, 9.17) is 4.74 Å². The van der Waals surface area contributed by atoms with Crippen molar-refractivity contribution in [2.45, 2.75) is 33.2 Å². The highest BCUT2D eigenvalue weighted by atomic mass is 19.3. The Kier molecular flexibility index (Phi) is 9.05. The average Bonchev–Trinajstić information content (AvgIpc) is 2.78. The second-order valence-corrected chi connectivity index (χ2v) is 7.24. The molecular weight excluding hydrogens is 402 g/mol. The summed E-state index contributed by atoms with van der Waals surface area (Å²) in [5, 5.41) is 6.36. The number of nitrogens with zero attached hydrogens (tertiary/aromatic N) is 2. The molecule has 31 heavy (non-hydrogen) atoms. The fourth-order valence-corrected chi connectivity index (χ4v) is 3.32. The molecule has 168 valence electrons. The molecule has 0 saturated carbocycles. The predicted octanol–water partition coefficient (Wildman–Crippen LogP) is 3.38. The molecule has 6 nitrogen and oxygen atoms in total. The molecule has 0 amide bonds. The molecule has 2 aromatic carbocycles. The smallest absolute Gasteiger partial charge is 0.387 e. The van der Waals surface area contributed by atoms with Gasteiger partial charge in [0.05, 0.1) is 19.8 Å². The number of guanidine groups is 1. The van der Waals surface area contributed by atoms with Gasteiger partial charge in [-0.05, 0) is 24.1 Å². The zero-order valence-electron chi connectivity index (χ0n) is 17.8. The summed E-state index contributed by atoms with van der Waals surface area (Å²) in [6.07, 6.45) is 0. The number of aliphatic imine (C=N–C) groups is 1. The van der Waals surface area contributed by atoms with Crippen LogP contribution in [0.25, 0.3) is 0 Å². The summed E-state index contributed by atoms with van der Waals surface area (Å²) in [5.41, 5.74) is 3.01. The van der Waals surface area contributed by atoms with E-state index in [9.17, 15) is 8.78 Å². The maximum atomic E-state index is 12.6. The van der Waals surface area contributed by atoms with Crippen molar-refractivity contribution in [2.24, 2.45) is 4.99 Å². The van der Waals surface area contributed by atoms with E-state index in [0.29, 0.717) is 31.2 Å². The van der Waals surface area contributed by atoms with Crippen LogP contribution in [0.1, 0.15) is 23.6 Å². The fourth-order valence-electron chi connectivity index (χ4n) is 3.32. The number of para-hydroxylation sites is 1. The van der Waals surface area contributed by atoms with Crippen molar-refractivity contribution in [1.29, 1.82) is 0 Å². The van der Waals surface area contributed by atoms with E-state index in [1.54, 1.807) is 18.2 Å². The summed E-state index contributed by atoms with van der Waals surface area (Å²) in [7, 11) is 0. The van der Waals surface area contributed by atoms with Gasteiger partial charge in [0.1, 0.15) is 5.75 Å². The van der Waals surface area contributed by atoms with Crippen molar-refractivity contribution in [2.75, 3.05) is 32.8 Å². The first kappa shape index (κ1) is 23.0. The predicted molar refractivity (Wildman–Crippen MR) is 117 cm³/mol. The van der Waals surface area contributed by atoms with Crippen LogP contribution < -0.4 is 15.4 Å². The summed E-state index contributed by atoms with van der Waals surface area (Å²) in [6.45, 7) is 5.12. The Balaban J connectivity index is 1.55. The van der Waals surface area contributed by atoms with Crippen molar-refractivity contribution in [3.8, 4) is 5.75 Å². The average molecular weight is 433 g/mol. The third-order valence-electron chi connectivity index (χ3n) is 4.93. The number of rotatable bonds is 9. The number of alkyl halides is 2. The first-order valence-electron chi connectivity index (χ1n) is 10.6. The van der Waals surface area contributed by atoms with E-state index in [0.717, 1.165) is 38.4 Å². The molecule has 0 aromatic heterocycles. The topological polar surface area (TPSA) is 58.1 Å². The van der Waals surface area contributed by atoms with E-state index < -0.39 is 6.61 Å². The normalized spacial score (nSPS) is 15.2. The summed E-state index contributed by atoms with van der Waals surface area (Å²) in [4.78, 5) is 7.00. The molecule has 1 aliphatic heterocycles. The van der Waals surface area contributed by atoms with Gasteiger partial charge < -0.3 is 20.1 Å². The highest BCUT2D eigenvalue weighted by Gasteiger charge is 2.11. The summed E-state index contributed by atoms with van der Waals surface area (Å²) >= 11 is 0. The van der Waals surface area contributed by atoms with Gasteiger partial charge in [-0.25, -0.2) is 4.99 Å². The van der Waals surface area contributed by atoms with Gasteiger partial charge in [-0.15, -0.1) is 0 Å². The lowest BCUT2D eigenvalue weighted by Crippen LogP contribution is -2.36. The Bertz CT molecular complexity index is 825. The molecule has 0 radical (unpaired) electrons. The summed E-state index contributed by atoms with van der Waals surface area (Å²) < 4.78 is 35.2. The summed E-state index contributed by atoms with van der Waals surface area (Å²) in [6, 6.07) is 15.2. The van der Waals surface area contributed by atoms with Crippen molar-refractivity contribution in [3.63, 3.8) is 0 Å². The molecule has 3 rings (SSSR count). The molecule has 0 atom stereocenters. The lowest BCUT2D eigenvalue weighted by Gasteiger charge is -2.26. The Labute approximate surface area is 182 Å². The van der Waals surface area contributed by atoms with Crippen LogP contribution in [0.5, 0.6) is 5.75 Å². The molecule has 2 aromatic rings. The molecule has 1 aliphatic rings. The fraction of sp³-hybridized carbons (Fsp3) is 0.435. The van der Waals surface area contributed by atoms with Crippen molar-refractivity contribution < 1.29 is 18.3 Å². The molecular formula is C23H30F2N4O2. The van der Waals surface area contributed by atoms with Crippen molar-refractivity contribution >= 4 is 5.96 Å². The minimum atomic E-state index is -2.85. The van der Waals surface area contributed by atoms with Crippen molar-refractivity contribution in [3.05, 3.63) is 65.2 Å². The van der Waals surface area contributed by atoms with Gasteiger partial charge in [-0.3, -0.25) is 4.90 Å². The highest BCUT2D eigenvalue weighted by molar-refractivity contribution is 5.79. The lowest BCUT2D eigenvalue weighted by atomic mass is 10.1. The number of nitrogens with one attached hydrogen (secondary N) is 2. The number of hydrogen-bond donors (Lipinski definition) is 2. The second kappa shape index (κ2) is 12.2. The third kappa shape index (κ3) is 7.80. The quantitative estimate of drug-likeness (QED) is 0.470. The molecule has 1 fully saturated rings. The molecule has 0 unspecified atom stereocenters. The summed E-state index contributed by atoms with van der Waals surface area (Å²) in [5.74, 6) is 0.781. The maximum Gasteiger partial charge on any atom is 0.387 e. The van der Waals surface area contributed by atoms with Crippen LogP contribution >= 0.6 is 0 Å². The Hall–Kier alpha value is -2.71. The Morgan fingerprint density at radius 3 is 2.48 bits per heavy atom. The second-order valence-electron chi connectivity index (χ2n) is 7.24. The van der Waals surface area contributed by atoms with Crippen LogP contribution in [-0.4, -0.2) is 50.3 Å². The van der Waals surface area contributed by atoms with Crippen LogP contribution in [0.15, 0.2) is 53.5 Å². The van der Waals surface area contributed by atoms with Gasteiger partial charge in [0.2, 0.25) is 0 Å². The van der Waals surface area contributed by atoms with Crippen LogP contribution in [0.4, 0.5) is 8.78 Å². The number of hydrogen-bond acceptors (Lipinski definition) is 4. The van der Waals surface area contributed by atoms with Gasteiger partial charge in [0, 0.05) is 38.3 Å². The highest BCUT2D eigenvalue weighted by Crippen LogP contribution is 2.20. The van der Waals surface area contributed by atoms with E-state index >= 15 is 0 Å². The van der Waals surface area contributed by atoms with E-state index in [1.165, 1.54) is 11.6 Å². The van der Waals surface area contributed by atoms with E-state index in [-0.39, 0.29) is 5.75 Å². The largest absolute Gasteiger partial charge is 0.434 e. The minimum Gasteiger partial charge on any atom is -0.434 e. The van der Waals surface area contributed by atoms with Crippen LogP contribution in [0, 0.1) is 0 Å². The van der Waals surface area contributed by atoms with Gasteiger partial charge in [-0.1, -0.05) is 42.5 Å². The van der Waals surface area contributed by atoms with E-state index in [1.807, 2.05) is 6.92 Å². The Morgan fingerprint density at radius 1 is 1.06 bits per heavy atom. The van der Waals surface area contributed by atoms with Crippen LogP contribution in [0.3, 0.4) is 0 Å². The standard InChI is InChI=1S/C23H30F2N4O2/c1-2-26-23(28-16-20-5-3-4-6-21(20)31-22(24)25)27-15-18-7-9-19(10-8-18)17-29-11-13-30-14-12-29/h3-10,22H,2,11-17H2,1H3,(H2,26,27,28). The molecule has 8 heteroatoms. The number of ether oxygens (including phenoxy) is 2. The molecule has 0 aliphatic carbocycles. The van der Waals surface area contributed by atoms with Gasteiger partial charge in [0.15, 0.2) is 5.96 Å².